The van der Waals surface area contributed by atoms with Gasteiger partial charge in [0, 0.05) is 41.1 Å². The molecule has 2 heterocycles. The molecule has 1 amide bonds. The van der Waals surface area contributed by atoms with E-state index in [9.17, 15) is 14.9 Å². The molecule has 0 aliphatic rings. The van der Waals surface area contributed by atoms with Crippen LogP contribution in [0.2, 0.25) is 0 Å². The number of non-ortho nitro benzene ring substituents is 1. The lowest BCUT2D eigenvalue weighted by atomic mass is 10.2. The van der Waals surface area contributed by atoms with Crippen LogP contribution in [0.5, 0.6) is 0 Å². The van der Waals surface area contributed by atoms with E-state index in [0.29, 0.717) is 33.4 Å². The molecule has 0 aliphatic carbocycles. The summed E-state index contributed by atoms with van der Waals surface area (Å²) in [4.78, 5) is 31.9. The molecule has 31 heavy (non-hydrogen) atoms. The van der Waals surface area contributed by atoms with Crippen LogP contribution in [0.25, 0.3) is 10.9 Å². The van der Waals surface area contributed by atoms with Crippen molar-refractivity contribution in [2.45, 2.75) is 23.9 Å². The van der Waals surface area contributed by atoms with Gasteiger partial charge in [-0.25, -0.2) is 9.97 Å². The zero-order valence-corrected chi connectivity index (χ0v) is 17.4. The van der Waals surface area contributed by atoms with Crippen molar-refractivity contribution in [1.29, 1.82) is 0 Å². The van der Waals surface area contributed by atoms with Crippen molar-refractivity contribution in [3.8, 4) is 0 Å². The molecular weight excluding hydrogens is 418 g/mol. The van der Waals surface area contributed by atoms with E-state index in [0.717, 1.165) is 10.6 Å². The van der Waals surface area contributed by atoms with Crippen LogP contribution >= 0.6 is 11.8 Å². The molecule has 0 aliphatic heterocycles. The molecule has 3 N–H and O–H groups in total. The van der Waals surface area contributed by atoms with Gasteiger partial charge in [0.15, 0.2) is 5.16 Å². The van der Waals surface area contributed by atoms with Crippen LogP contribution in [0.4, 0.5) is 23.0 Å². The number of anilines is 3. The van der Waals surface area contributed by atoms with E-state index >= 15 is 0 Å². The monoisotopic (exact) mass is 435 g/mol. The maximum absolute atomic E-state index is 11.2. The molecule has 2 aromatic heterocycles. The van der Waals surface area contributed by atoms with Crippen molar-refractivity contribution < 1.29 is 9.72 Å². The van der Waals surface area contributed by atoms with E-state index in [1.807, 2.05) is 25.1 Å². The van der Waals surface area contributed by atoms with Crippen molar-refractivity contribution in [1.82, 2.24) is 20.2 Å². The topological polar surface area (TPSA) is 139 Å². The van der Waals surface area contributed by atoms with E-state index in [2.05, 4.69) is 30.8 Å². The Morgan fingerprint density at radius 1 is 1.13 bits per heavy atom. The third-order valence-corrected chi connectivity index (χ3v) is 5.09. The number of nitrogens with one attached hydrogen (secondary N) is 3. The standard InChI is InChI=1S/C20H17N7O3S/c1-11-9-18(26-25-11)23-19-16-8-5-14(27(29)30)10-17(16)22-20(24-19)31-15-6-3-13(4-7-15)21-12(2)28/h3-10H,1-2H3,(H,21,28)(H2,22,23,24,25,26). The van der Waals surface area contributed by atoms with Gasteiger partial charge in [-0.3, -0.25) is 20.0 Å². The fraction of sp³-hybridized carbons (Fsp3) is 0.100. The van der Waals surface area contributed by atoms with Gasteiger partial charge >= 0.3 is 0 Å². The summed E-state index contributed by atoms with van der Waals surface area (Å²) < 4.78 is 0. The average Bonchev–Trinajstić information content (AvgIpc) is 3.13. The Balaban J connectivity index is 1.71. The van der Waals surface area contributed by atoms with Gasteiger partial charge in [0.25, 0.3) is 5.69 Å². The molecule has 0 atom stereocenters. The highest BCUT2D eigenvalue weighted by atomic mass is 32.2. The predicted molar refractivity (Wildman–Crippen MR) is 118 cm³/mol. The van der Waals surface area contributed by atoms with Crippen LogP contribution in [0, 0.1) is 17.0 Å². The molecule has 11 heteroatoms. The largest absolute Gasteiger partial charge is 0.326 e. The second-order valence-electron chi connectivity index (χ2n) is 6.67. The van der Waals surface area contributed by atoms with Crippen molar-refractivity contribution in [3.05, 3.63) is 64.3 Å². The highest BCUT2D eigenvalue weighted by Crippen LogP contribution is 2.32. The normalized spacial score (nSPS) is 10.8. The summed E-state index contributed by atoms with van der Waals surface area (Å²) in [7, 11) is 0. The fourth-order valence-corrected chi connectivity index (χ4v) is 3.64. The first-order chi connectivity index (χ1) is 14.9. The van der Waals surface area contributed by atoms with Crippen molar-refractivity contribution in [2.75, 3.05) is 10.6 Å². The molecule has 0 unspecified atom stereocenters. The first-order valence-corrected chi connectivity index (χ1v) is 10.00. The SMILES string of the molecule is CC(=O)Nc1ccc(Sc2nc(Nc3cc(C)n[nH]3)c3ccc([N+](=O)[O-])cc3n2)cc1. The zero-order valence-electron chi connectivity index (χ0n) is 16.5. The van der Waals surface area contributed by atoms with E-state index in [4.69, 9.17) is 0 Å². The summed E-state index contributed by atoms with van der Waals surface area (Å²) in [6.45, 7) is 3.30. The van der Waals surface area contributed by atoms with Gasteiger partial charge < -0.3 is 10.6 Å². The number of hydrogen-bond donors (Lipinski definition) is 3. The summed E-state index contributed by atoms with van der Waals surface area (Å²) >= 11 is 1.30. The quantitative estimate of drug-likeness (QED) is 0.230. The van der Waals surface area contributed by atoms with Crippen LogP contribution in [0.3, 0.4) is 0 Å². The van der Waals surface area contributed by atoms with Crippen molar-refractivity contribution in [2.24, 2.45) is 0 Å². The lowest BCUT2D eigenvalue weighted by Gasteiger charge is -2.10. The van der Waals surface area contributed by atoms with Crippen molar-refractivity contribution >= 4 is 51.6 Å². The molecule has 0 saturated heterocycles. The number of aromatic amines is 1. The number of rotatable bonds is 6. The Morgan fingerprint density at radius 2 is 1.90 bits per heavy atom. The van der Waals surface area contributed by atoms with Crippen LogP contribution in [0.15, 0.2) is 58.6 Å². The summed E-state index contributed by atoms with van der Waals surface area (Å²) in [6, 6.07) is 13.5. The minimum atomic E-state index is -0.458. The third-order valence-electron chi connectivity index (χ3n) is 4.21. The summed E-state index contributed by atoms with van der Waals surface area (Å²) in [5.41, 5.74) is 1.89. The summed E-state index contributed by atoms with van der Waals surface area (Å²) in [5.74, 6) is 0.997. The number of aromatic nitrogens is 4. The number of aryl methyl sites for hydroxylation is 1. The number of nitrogens with zero attached hydrogens (tertiary/aromatic N) is 4. The van der Waals surface area contributed by atoms with Gasteiger partial charge in [0.05, 0.1) is 16.1 Å². The number of hydrogen-bond acceptors (Lipinski definition) is 8. The lowest BCUT2D eigenvalue weighted by molar-refractivity contribution is -0.384. The smallest absolute Gasteiger partial charge is 0.271 e. The molecule has 2 aromatic carbocycles. The Bertz CT molecular complexity index is 1290. The van der Waals surface area contributed by atoms with Crippen LogP contribution in [0.1, 0.15) is 12.6 Å². The van der Waals surface area contributed by atoms with Crippen LogP contribution < -0.4 is 10.6 Å². The first kappa shape index (κ1) is 20.3. The Hall–Kier alpha value is -3.99. The molecule has 0 saturated carbocycles. The second-order valence-corrected chi connectivity index (χ2v) is 7.71. The second kappa shape index (κ2) is 8.40. The zero-order chi connectivity index (χ0) is 22.0. The van der Waals surface area contributed by atoms with Gasteiger partial charge in [-0.2, -0.15) is 5.10 Å². The van der Waals surface area contributed by atoms with Gasteiger partial charge in [0.2, 0.25) is 5.91 Å². The minimum absolute atomic E-state index is 0.0508. The number of nitro groups is 1. The minimum Gasteiger partial charge on any atom is -0.326 e. The van der Waals surface area contributed by atoms with Gasteiger partial charge in [-0.1, -0.05) is 0 Å². The fourth-order valence-electron chi connectivity index (χ4n) is 2.88. The molecule has 0 bridgehead atoms. The number of fused-ring (bicyclic) bond motifs is 1. The van der Waals surface area contributed by atoms with Gasteiger partial charge in [-0.15, -0.1) is 0 Å². The third kappa shape index (κ3) is 4.78. The Kier molecular flexibility index (Phi) is 5.50. The Morgan fingerprint density at radius 3 is 2.55 bits per heavy atom. The number of benzene rings is 2. The number of carbonyl (C=O) groups excluding carboxylic acids is 1. The van der Waals surface area contributed by atoms with Gasteiger partial charge in [-0.05, 0) is 49.0 Å². The predicted octanol–water partition coefficient (Wildman–Crippen LogP) is 4.42. The van der Waals surface area contributed by atoms with Crippen LogP contribution in [-0.4, -0.2) is 31.0 Å². The van der Waals surface area contributed by atoms with Gasteiger partial charge in [0.1, 0.15) is 11.6 Å². The molecule has 0 spiro atoms. The number of H-pyrrole nitrogens is 1. The highest BCUT2D eigenvalue weighted by Gasteiger charge is 2.14. The molecule has 156 valence electrons. The first-order valence-electron chi connectivity index (χ1n) is 9.18. The number of amides is 1. The number of nitro benzene ring substituents is 1. The maximum Gasteiger partial charge on any atom is 0.271 e. The van der Waals surface area contributed by atoms with E-state index in [1.54, 1.807) is 18.2 Å². The summed E-state index contributed by atoms with van der Waals surface area (Å²) in [6.07, 6.45) is 0. The Labute approximate surface area is 180 Å². The van der Waals surface area contributed by atoms with E-state index in [1.165, 1.54) is 30.8 Å². The van der Waals surface area contributed by atoms with E-state index < -0.39 is 4.92 Å². The van der Waals surface area contributed by atoms with E-state index in [-0.39, 0.29) is 11.6 Å². The molecule has 0 radical (unpaired) electrons. The summed E-state index contributed by atoms with van der Waals surface area (Å²) in [5, 5.41) is 25.1. The van der Waals surface area contributed by atoms with Crippen molar-refractivity contribution in [3.63, 3.8) is 0 Å². The average molecular weight is 435 g/mol. The molecule has 4 rings (SSSR count). The highest BCUT2D eigenvalue weighted by molar-refractivity contribution is 7.99. The molecule has 0 fully saturated rings. The molecular formula is C20H17N7O3S. The molecule has 4 aromatic rings. The number of carbonyl (C=O) groups is 1. The maximum atomic E-state index is 11.2. The lowest BCUT2D eigenvalue weighted by Crippen LogP contribution is -2.05. The molecule has 10 nitrogen and oxygen atoms in total. The van der Waals surface area contributed by atoms with Crippen LogP contribution in [-0.2, 0) is 4.79 Å².